The number of Topliss-reactive ketones (excluding diaryl/α,β-unsaturated/α-hetero) is 1. The Balaban J connectivity index is 1.33. The standard InChI is InChI=1S/C45H50N4O7/c1-4-28-11-12-37(56-27(2)50)21-36(52)22-41(32-18-42(53)45(54)43(19-32)55-3)49-25-31-8-6-10-40(39(31)26-49)48-44-20-30(13-14-47-44)38(29-7-5-9-35(51)16-29)17-34-24-46-23-33(34)15-28/h5-10,13,16,18-20,23-26,28,37-38,41,46-48,51,53-54H,4,11-12,14-15,17,21-22H2,1-3H3/t28-,37-,38+,41-/m1/s1. The number of phenols is 3. The number of carbonyl (C=O) groups is 2. The maximum Gasteiger partial charge on any atom is 0.302 e. The van der Waals surface area contributed by atoms with Gasteiger partial charge in [0.05, 0.1) is 13.2 Å². The van der Waals surface area contributed by atoms with E-state index in [4.69, 9.17) is 9.47 Å². The molecular formula is C45H50N4O7. The molecule has 11 heteroatoms. The molecule has 6 N–H and O–H groups in total. The van der Waals surface area contributed by atoms with Crippen LogP contribution in [0.25, 0.3) is 10.8 Å². The smallest absolute Gasteiger partial charge is 0.302 e. The summed E-state index contributed by atoms with van der Waals surface area (Å²) >= 11 is 0. The molecule has 7 rings (SSSR count). The zero-order valence-corrected chi connectivity index (χ0v) is 32.0. The number of carbonyl (C=O) groups excluding carboxylic acids is 2. The number of nitrogens with zero attached hydrogens (tertiary/aromatic N) is 1. The topological polar surface area (TPSA) is 158 Å². The van der Waals surface area contributed by atoms with Crippen LogP contribution in [0.5, 0.6) is 23.0 Å². The Morgan fingerprint density at radius 3 is 2.50 bits per heavy atom. The third-order valence-corrected chi connectivity index (χ3v) is 11.2. The molecule has 0 aliphatic carbocycles. The highest BCUT2D eigenvalue weighted by Crippen LogP contribution is 2.41. The summed E-state index contributed by atoms with van der Waals surface area (Å²) in [6, 6.07) is 16.0. The Hall–Kier alpha value is -6.10. The van der Waals surface area contributed by atoms with Gasteiger partial charge >= 0.3 is 5.97 Å². The monoisotopic (exact) mass is 758 g/mol. The van der Waals surface area contributed by atoms with E-state index in [0.29, 0.717) is 18.5 Å². The Morgan fingerprint density at radius 2 is 1.73 bits per heavy atom. The summed E-state index contributed by atoms with van der Waals surface area (Å²) in [5.74, 6) is 0.0999. The second-order valence-electron chi connectivity index (χ2n) is 15.0. The van der Waals surface area contributed by atoms with Crippen LogP contribution in [0.4, 0.5) is 5.69 Å². The summed E-state index contributed by atoms with van der Waals surface area (Å²) in [5.41, 5.74) is 5.98. The minimum Gasteiger partial charge on any atom is -0.508 e. The number of anilines is 1. The first-order chi connectivity index (χ1) is 27.1. The first kappa shape index (κ1) is 38.2. The van der Waals surface area contributed by atoms with Crippen LogP contribution in [-0.2, 0) is 27.2 Å². The van der Waals surface area contributed by atoms with Gasteiger partial charge in [-0.3, -0.25) is 9.59 Å². The lowest BCUT2D eigenvalue weighted by Gasteiger charge is -2.25. The number of dihydropyridines is 1. The summed E-state index contributed by atoms with van der Waals surface area (Å²) in [5, 5.41) is 40.7. The molecule has 0 radical (unpaired) electrons. The average molecular weight is 759 g/mol. The fourth-order valence-electron chi connectivity index (χ4n) is 8.23. The van der Waals surface area contributed by atoms with Gasteiger partial charge < -0.3 is 45.0 Å². The van der Waals surface area contributed by atoms with Crippen molar-refractivity contribution in [1.82, 2.24) is 14.9 Å². The molecule has 4 atom stereocenters. The number of ether oxygens (including phenoxy) is 2. The van der Waals surface area contributed by atoms with E-state index in [-0.39, 0.29) is 53.5 Å². The molecule has 0 spiro atoms. The number of methoxy groups -OCH3 is 1. The number of H-pyrrole nitrogens is 1. The van der Waals surface area contributed by atoms with Gasteiger partial charge in [-0.05, 0) is 95.8 Å². The third kappa shape index (κ3) is 8.57. The van der Waals surface area contributed by atoms with Crippen LogP contribution in [-0.4, -0.2) is 56.4 Å². The van der Waals surface area contributed by atoms with Gasteiger partial charge in [-0.15, -0.1) is 0 Å². The molecule has 2 aliphatic rings. The van der Waals surface area contributed by atoms with Crippen LogP contribution in [0.1, 0.15) is 80.2 Å². The van der Waals surface area contributed by atoms with Gasteiger partial charge in [0, 0.05) is 73.5 Å². The van der Waals surface area contributed by atoms with E-state index in [9.17, 15) is 24.9 Å². The summed E-state index contributed by atoms with van der Waals surface area (Å²) in [6.07, 6.45) is 15.6. The summed E-state index contributed by atoms with van der Waals surface area (Å²) in [6.45, 7) is 4.15. The summed E-state index contributed by atoms with van der Waals surface area (Å²) < 4.78 is 13.1. The predicted molar refractivity (Wildman–Crippen MR) is 216 cm³/mol. The fourth-order valence-corrected chi connectivity index (χ4v) is 8.23. The van der Waals surface area contributed by atoms with Gasteiger partial charge in [0.2, 0.25) is 5.75 Å². The van der Waals surface area contributed by atoms with E-state index in [2.05, 4.69) is 53.2 Å². The number of allylic oxidation sites excluding steroid dienone is 2. The van der Waals surface area contributed by atoms with Crippen LogP contribution in [0, 0.1) is 5.92 Å². The van der Waals surface area contributed by atoms with Crippen molar-refractivity contribution in [2.45, 2.75) is 76.9 Å². The first-order valence-electron chi connectivity index (χ1n) is 19.3. The number of benzene rings is 3. The Bertz CT molecular complexity index is 2280. The second kappa shape index (κ2) is 16.7. The molecule has 4 heterocycles. The molecule has 3 aromatic carbocycles. The molecule has 2 aliphatic heterocycles. The zero-order chi connectivity index (χ0) is 39.3. The number of phenolic OH excluding ortho intramolecular Hbond substituents is 3. The molecule has 0 amide bonds. The highest BCUT2D eigenvalue weighted by molar-refractivity contribution is 5.94. The number of rotatable bonds is 5. The number of esters is 1. The normalized spacial score (nSPS) is 20.8. The predicted octanol–water partition coefficient (Wildman–Crippen LogP) is 8.14. The van der Waals surface area contributed by atoms with Crippen molar-refractivity contribution in [2.75, 3.05) is 19.0 Å². The number of ketones is 1. The van der Waals surface area contributed by atoms with Gasteiger partial charge in [0.1, 0.15) is 23.5 Å². The van der Waals surface area contributed by atoms with Gasteiger partial charge in [0.25, 0.3) is 0 Å². The van der Waals surface area contributed by atoms with Gasteiger partial charge in [-0.1, -0.05) is 43.7 Å². The van der Waals surface area contributed by atoms with E-state index >= 15 is 0 Å². The van der Waals surface area contributed by atoms with E-state index in [1.54, 1.807) is 12.1 Å². The molecule has 0 saturated heterocycles. The second-order valence-corrected chi connectivity index (χ2v) is 15.0. The molecule has 0 fully saturated rings. The molecule has 0 unspecified atom stereocenters. The lowest BCUT2D eigenvalue weighted by atomic mass is 9.82. The molecule has 56 heavy (non-hydrogen) atoms. The van der Waals surface area contributed by atoms with Gasteiger partial charge in [-0.2, -0.15) is 0 Å². The minimum atomic E-state index is -0.599. The lowest BCUT2D eigenvalue weighted by molar-refractivity contribution is -0.148. The molecule has 11 nitrogen and oxygen atoms in total. The maximum absolute atomic E-state index is 14.1. The van der Waals surface area contributed by atoms with Crippen LogP contribution < -0.4 is 15.4 Å². The number of aromatic nitrogens is 2. The van der Waals surface area contributed by atoms with Gasteiger partial charge in [0.15, 0.2) is 11.5 Å². The molecule has 5 aromatic rings. The quantitative estimate of drug-likeness (QED) is 0.0769. The van der Waals surface area contributed by atoms with Crippen molar-refractivity contribution in [3.63, 3.8) is 0 Å². The summed E-state index contributed by atoms with van der Waals surface area (Å²) in [7, 11) is 1.41. The van der Waals surface area contributed by atoms with E-state index in [0.717, 1.165) is 59.1 Å². The fraction of sp³-hybridized carbons (Fsp3) is 0.333. The molecular weight excluding hydrogens is 709 g/mol. The molecule has 292 valence electrons. The van der Waals surface area contributed by atoms with Crippen molar-refractivity contribution in [3.05, 3.63) is 125 Å². The largest absolute Gasteiger partial charge is 0.508 e. The number of hydrogen-bond acceptors (Lipinski definition) is 9. The van der Waals surface area contributed by atoms with Crippen LogP contribution in [0.15, 0.2) is 103 Å². The Morgan fingerprint density at radius 1 is 0.929 bits per heavy atom. The van der Waals surface area contributed by atoms with Crippen molar-refractivity contribution < 1.29 is 34.4 Å². The Kier molecular flexibility index (Phi) is 11.4. The van der Waals surface area contributed by atoms with Crippen molar-refractivity contribution in [3.8, 4) is 23.0 Å². The average Bonchev–Trinajstić information content (AvgIpc) is 3.82. The van der Waals surface area contributed by atoms with Crippen LogP contribution >= 0.6 is 0 Å². The van der Waals surface area contributed by atoms with Crippen molar-refractivity contribution in [2.24, 2.45) is 5.92 Å². The lowest BCUT2D eigenvalue weighted by Crippen LogP contribution is -2.24. The van der Waals surface area contributed by atoms with Crippen LogP contribution in [0.3, 0.4) is 0 Å². The van der Waals surface area contributed by atoms with Crippen molar-refractivity contribution >= 4 is 28.2 Å². The number of fused-ring (bicyclic) bond motifs is 3. The number of aromatic amines is 1. The van der Waals surface area contributed by atoms with E-state index in [1.165, 1.54) is 31.2 Å². The van der Waals surface area contributed by atoms with E-state index < -0.39 is 18.1 Å². The Labute approximate surface area is 326 Å². The third-order valence-electron chi connectivity index (χ3n) is 11.2. The number of aromatic hydroxyl groups is 3. The van der Waals surface area contributed by atoms with Gasteiger partial charge in [-0.25, -0.2) is 0 Å². The highest BCUT2D eigenvalue weighted by atomic mass is 16.5. The SMILES string of the molecule is CC[C@@H]1CC[C@@H](OC(C)=O)CC(=O)C[C@H](c2cc(O)c(O)c(OC)c2)n2cc3cccc(c3c2)NC2=CC(=CCN2)[C@H](c2cccc(O)c2)Cc2c[nH]cc2C1. The van der Waals surface area contributed by atoms with Crippen molar-refractivity contribution in [1.29, 1.82) is 0 Å². The number of nitrogens with one attached hydrogen (secondary N) is 3. The molecule has 4 bridgehead atoms. The van der Waals surface area contributed by atoms with E-state index in [1.807, 2.05) is 47.3 Å². The zero-order valence-electron chi connectivity index (χ0n) is 32.0. The molecule has 2 aromatic heterocycles. The highest BCUT2D eigenvalue weighted by Gasteiger charge is 2.27. The maximum atomic E-state index is 14.1. The minimum absolute atomic E-state index is 0.0378. The number of hydrogen-bond donors (Lipinski definition) is 6. The first-order valence-corrected chi connectivity index (χ1v) is 19.3. The summed E-state index contributed by atoms with van der Waals surface area (Å²) in [4.78, 5) is 29.8. The van der Waals surface area contributed by atoms with Crippen LogP contribution in [0.2, 0.25) is 0 Å². The molecule has 0 saturated carbocycles.